The quantitative estimate of drug-likeness (QED) is 0.773. The van der Waals surface area contributed by atoms with Crippen LogP contribution in [0.3, 0.4) is 0 Å². The van der Waals surface area contributed by atoms with Crippen molar-refractivity contribution in [3.63, 3.8) is 0 Å². The first kappa shape index (κ1) is 19.1. The number of hydrogen-bond donors (Lipinski definition) is 1. The van der Waals surface area contributed by atoms with Crippen LogP contribution in [0.25, 0.3) is 0 Å². The maximum absolute atomic E-state index is 12.5. The van der Waals surface area contributed by atoms with E-state index in [0.29, 0.717) is 37.4 Å². The van der Waals surface area contributed by atoms with E-state index in [-0.39, 0.29) is 17.6 Å². The Bertz CT molecular complexity index is 840. The van der Waals surface area contributed by atoms with Gasteiger partial charge in [-0.1, -0.05) is 0 Å². The summed E-state index contributed by atoms with van der Waals surface area (Å²) in [6.07, 6.45) is 3.61. The number of amides is 1. The molecule has 0 fully saturated rings. The molecule has 27 heavy (non-hydrogen) atoms. The maximum atomic E-state index is 12.5. The summed E-state index contributed by atoms with van der Waals surface area (Å²) in [6.45, 7) is 1.91. The number of rotatable bonds is 6. The number of nitrogens with one attached hydrogen (secondary N) is 1. The van der Waals surface area contributed by atoms with Gasteiger partial charge in [-0.05, 0) is 33.0 Å². The third-order valence-electron chi connectivity index (χ3n) is 4.72. The smallest absolute Gasteiger partial charge is 0.345 e. The first-order valence-corrected chi connectivity index (χ1v) is 9.10. The summed E-state index contributed by atoms with van der Waals surface area (Å²) in [5, 5.41) is 7.51. The van der Waals surface area contributed by atoms with Gasteiger partial charge in [0.05, 0.1) is 19.2 Å². The molecule has 1 aliphatic heterocycles. The van der Waals surface area contributed by atoms with Crippen molar-refractivity contribution in [2.75, 3.05) is 27.7 Å². The highest BCUT2D eigenvalue weighted by Gasteiger charge is 2.22. The van der Waals surface area contributed by atoms with E-state index in [2.05, 4.69) is 15.4 Å². The first-order valence-electron chi connectivity index (χ1n) is 9.10. The lowest BCUT2D eigenvalue weighted by Crippen LogP contribution is -2.36. The van der Waals surface area contributed by atoms with Crippen molar-refractivity contribution in [3.05, 3.63) is 40.2 Å². The van der Waals surface area contributed by atoms with E-state index in [1.165, 1.54) is 18.0 Å². The number of aryl methyl sites for hydroxylation is 1. The van der Waals surface area contributed by atoms with Gasteiger partial charge < -0.3 is 15.0 Å². The van der Waals surface area contributed by atoms with Crippen molar-refractivity contribution < 1.29 is 9.53 Å². The minimum atomic E-state index is -0.168. The van der Waals surface area contributed by atoms with Crippen LogP contribution in [0.2, 0.25) is 0 Å². The Hall–Kier alpha value is -2.68. The normalized spacial score (nSPS) is 16.7. The molecule has 1 aliphatic rings. The minimum absolute atomic E-state index is 0.00377. The number of ether oxygens (including phenoxy) is 1. The van der Waals surface area contributed by atoms with Crippen LogP contribution in [-0.2, 0) is 19.5 Å². The fourth-order valence-corrected chi connectivity index (χ4v) is 3.12. The highest BCUT2D eigenvalue weighted by molar-refractivity contribution is 5.94. The number of nitrogens with zero attached hydrogens (tertiary/aromatic N) is 5. The molecule has 0 radical (unpaired) electrons. The summed E-state index contributed by atoms with van der Waals surface area (Å²) in [4.78, 5) is 31.0. The van der Waals surface area contributed by atoms with E-state index in [9.17, 15) is 9.59 Å². The van der Waals surface area contributed by atoms with E-state index in [4.69, 9.17) is 4.74 Å². The molecule has 3 heterocycles. The number of methoxy groups -OCH3 is 1. The van der Waals surface area contributed by atoms with Crippen LogP contribution in [0.1, 0.15) is 29.0 Å². The second kappa shape index (κ2) is 8.34. The van der Waals surface area contributed by atoms with Crippen LogP contribution in [-0.4, -0.2) is 63.9 Å². The molecule has 146 valence electrons. The van der Waals surface area contributed by atoms with E-state index in [0.717, 1.165) is 18.8 Å². The Morgan fingerprint density at radius 2 is 2.19 bits per heavy atom. The molecule has 9 heteroatoms. The van der Waals surface area contributed by atoms with Gasteiger partial charge in [0.2, 0.25) is 5.88 Å². The molecular weight excluding hydrogens is 348 g/mol. The summed E-state index contributed by atoms with van der Waals surface area (Å²) < 4.78 is 8.28. The zero-order valence-corrected chi connectivity index (χ0v) is 16.0. The number of hydrogen-bond acceptors (Lipinski definition) is 6. The summed E-state index contributed by atoms with van der Waals surface area (Å²) in [5.41, 5.74) is 0.419. The Morgan fingerprint density at radius 1 is 1.37 bits per heavy atom. The summed E-state index contributed by atoms with van der Waals surface area (Å²) in [7, 11) is 5.47. The third-order valence-corrected chi connectivity index (χ3v) is 4.72. The number of carbonyl (C=O) groups is 1. The van der Waals surface area contributed by atoms with E-state index < -0.39 is 0 Å². The lowest BCUT2D eigenvalue weighted by Gasteiger charge is -2.16. The van der Waals surface area contributed by atoms with Gasteiger partial charge in [0.1, 0.15) is 5.82 Å². The maximum Gasteiger partial charge on any atom is 0.345 e. The van der Waals surface area contributed by atoms with Crippen LogP contribution in [0.5, 0.6) is 5.88 Å². The molecule has 2 aromatic rings. The molecule has 2 aromatic heterocycles. The number of aromatic nitrogens is 4. The Kier molecular flexibility index (Phi) is 5.90. The Labute approximate surface area is 157 Å². The van der Waals surface area contributed by atoms with Crippen molar-refractivity contribution >= 4 is 5.91 Å². The molecule has 0 spiro atoms. The molecule has 9 nitrogen and oxygen atoms in total. The van der Waals surface area contributed by atoms with Crippen molar-refractivity contribution in [2.45, 2.75) is 38.4 Å². The number of fused-ring (bicyclic) bond motifs is 1. The fraction of sp³-hybridized carbons (Fsp3) is 0.556. The molecule has 0 aliphatic carbocycles. The van der Waals surface area contributed by atoms with Gasteiger partial charge >= 0.3 is 5.69 Å². The van der Waals surface area contributed by atoms with Gasteiger partial charge in [-0.15, -0.1) is 0 Å². The van der Waals surface area contributed by atoms with Gasteiger partial charge in [-0.2, -0.15) is 5.10 Å². The van der Waals surface area contributed by atoms with E-state index >= 15 is 0 Å². The molecule has 1 atom stereocenters. The largest absolute Gasteiger partial charge is 0.481 e. The second-order valence-electron chi connectivity index (χ2n) is 6.96. The topological polar surface area (TPSA) is 94.3 Å². The van der Waals surface area contributed by atoms with Crippen molar-refractivity contribution in [2.24, 2.45) is 0 Å². The molecule has 3 rings (SSSR count). The van der Waals surface area contributed by atoms with Gasteiger partial charge in [0, 0.05) is 37.8 Å². The standard InChI is InChI=1S/C18H26N6O3/c1-22(2)10-11-24-18(26)23-9-8-14(5-6-15(23)21-24)20-17(25)13-4-7-16(27-3)19-12-13/h4,7,12,14H,5-6,8-11H2,1-3H3,(H,20,25). The number of likely N-dealkylation sites (N-methyl/N-ethyl adjacent to an activating group) is 1. The van der Waals surface area contributed by atoms with Crippen molar-refractivity contribution in [1.29, 1.82) is 0 Å². The highest BCUT2D eigenvalue weighted by Crippen LogP contribution is 2.13. The SMILES string of the molecule is COc1ccc(C(=O)NC2CCc3nn(CCN(C)C)c(=O)n3CC2)cn1. The van der Waals surface area contributed by atoms with Crippen LogP contribution in [0.15, 0.2) is 23.1 Å². The monoisotopic (exact) mass is 374 g/mol. The van der Waals surface area contributed by atoms with Crippen LogP contribution < -0.4 is 15.7 Å². The van der Waals surface area contributed by atoms with Gasteiger partial charge in [0.25, 0.3) is 5.91 Å². The Balaban J connectivity index is 1.61. The average molecular weight is 374 g/mol. The Morgan fingerprint density at radius 3 is 2.85 bits per heavy atom. The molecule has 0 saturated carbocycles. The minimum Gasteiger partial charge on any atom is -0.481 e. The van der Waals surface area contributed by atoms with Crippen molar-refractivity contribution in [1.82, 2.24) is 29.5 Å². The molecule has 0 bridgehead atoms. The third kappa shape index (κ3) is 4.54. The molecule has 1 N–H and O–H groups in total. The van der Waals surface area contributed by atoms with Crippen LogP contribution in [0, 0.1) is 0 Å². The zero-order chi connectivity index (χ0) is 19.4. The van der Waals surface area contributed by atoms with Crippen LogP contribution in [0.4, 0.5) is 0 Å². The van der Waals surface area contributed by atoms with E-state index in [1.54, 1.807) is 16.7 Å². The van der Waals surface area contributed by atoms with Gasteiger partial charge in [-0.25, -0.2) is 14.5 Å². The summed E-state index contributed by atoms with van der Waals surface area (Å²) in [5.74, 6) is 1.09. The zero-order valence-electron chi connectivity index (χ0n) is 16.0. The molecule has 0 saturated heterocycles. The second-order valence-corrected chi connectivity index (χ2v) is 6.96. The molecule has 1 unspecified atom stereocenters. The highest BCUT2D eigenvalue weighted by atomic mass is 16.5. The van der Waals surface area contributed by atoms with E-state index in [1.807, 2.05) is 19.0 Å². The van der Waals surface area contributed by atoms with Gasteiger partial charge in [-0.3, -0.25) is 9.36 Å². The average Bonchev–Trinajstić information content (AvgIpc) is 2.83. The van der Waals surface area contributed by atoms with Crippen LogP contribution >= 0.6 is 0 Å². The number of carbonyl (C=O) groups excluding carboxylic acids is 1. The van der Waals surface area contributed by atoms with Crippen molar-refractivity contribution in [3.8, 4) is 5.88 Å². The molecule has 0 aromatic carbocycles. The number of pyridine rings is 1. The summed E-state index contributed by atoms with van der Waals surface area (Å²) in [6, 6.07) is 3.34. The predicted octanol–water partition coefficient (Wildman–Crippen LogP) is 0.145. The fourth-order valence-electron chi connectivity index (χ4n) is 3.12. The first-order chi connectivity index (χ1) is 13.0. The van der Waals surface area contributed by atoms with Gasteiger partial charge in [0.15, 0.2) is 0 Å². The summed E-state index contributed by atoms with van der Waals surface area (Å²) >= 11 is 0. The lowest BCUT2D eigenvalue weighted by molar-refractivity contribution is 0.0932. The predicted molar refractivity (Wildman–Crippen MR) is 100 cm³/mol. The molecule has 1 amide bonds. The lowest BCUT2D eigenvalue weighted by atomic mass is 10.1. The molecular formula is C18H26N6O3.